The van der Waals surface area contributed by atoms with E-state index >= 15 is 0 Å². The van der Waals surface area contributed by atoms with Crippen LogP contribution in [-0.4, -0.2) is 30.5 Å². The zero-order valence-corrected chi connectivity index (χ0v) is 16.0. The van der Waals surface area contributed by atoms with Crippen molar-refractivity contribution in [1.82, 2.24) is 5.43 Å². The number of hydrogen-bond acceptors (Lipinski definition) is 5. The van der Waals surface area contributed by atoms with Crippen LogP contribution >= 0.6 is 11.6 Å². The van der Waals surface area contributed by atoms with Crippen molar-refractivity contribution in [3.05, 3.63) is 58.1 Å². The molecule has 0 fully saturated rings. The minimum atomic E-state index is -0.944. The first kappa shape index (κ1) is 20.9. The maximum atomic E-state index is 12.1. The fourth-order valence-electron chi connectivity index (χ4n) is 2.29. The largest absolute Gasteiger partial charge is 0.483 e. The second-order valence-corrected chi connectivity index (χ2v) is 6.29. The Morgan fingerprint density at radius 2 is 1.82 bits per heavy atom. The number of anilines is 1. The number of ether oxygens (including phenoxy) is 1. The van der Waals surface area contributed by atoms with Crippen LogP contribution in [0, 0.1) is 13.8 Å². The van der Waals surface area contributed by atoms with Crippen LogP contribution in [0.5, 0.6) is 5.75 Å². The number of aryl methyl sites for hydroxylation is 2. The smallest absolute Gasteiger partial charge is 0.329 e. The second kappa shape index (κ2) is 9.52. The topological polar surface area (TPSA) is 123 Å². The van der Waals surface area contributed by atoms with Gasteiger partial charge in [-0.25, -0.2) is 5.43 Å². The SMILES string of the molecule is Cc1cccc(C)c1NC(=O)C(=O)N/N=C\c1cc(Cl)ccc1OCC(N)=O. The number of carbonyl (C=O) groups excluding carboxylic acids is 3. The molecule has 0 spiro atoms. The summed E-state index contributed by atoms with van der Waals surface area (Å²) in [6.07, 6.45) is 1.24. The molecule has 2 aromatic carbocycles. The summed E-state index contributed by atoms with van der Waals surface area (Å²) >= 11 is 5.93. The molecule has 0 aromatic heterocycles. The minimum absolute atomic E-state index is 0.293. The molecule has 8 nitrogen and oxygen atoms in total. The quantitative estimate of drug-likeness (QED) is 0.388. The molecule has 0 heterocycles. The highest BCUT2D eigenvalue weighted by Gasteiger charge is 2.15. The number of nitrogens with two attached hydrogens (primary N) is 1. The molecule has 4 N–H and O–H groups in total. The average molecular weight is 403 g/mol. The van der Waals surface area contributed by atoms with E-state index in [1.807, 2.05) is 32.0 Å². The molecule has 9 heteroatoms. The molecule has 0 saturated heterocycles. The zero-order chi connectivity index (χ0) is 20.7. The molecule has 0 bridgehead atoms. The van der Waals surface area contributed by atoms with E-state index in [1.165, 1.54) is 18.3 Å². The van der Waals surface area contributed by atoms with E-state index in [0.29, 0.717) is 22.0 Å². The van der Waals surface area contributed by atoms with Gasteiger partial charge in [0, 0.05) is 16.3 Å². The third kappa shape index (κ3) is 5.82. The number of primary amides is 1. The van der Waals surface area contributed by atoms with Crippen LogP contribution in [0.15, 0.2) is 41.5 Å². The van der Waals surface area contributed by atoms with Crippen molar-refractivity contribution in [1.29, 1.82) is 0 Å². The maximum absolute atomic E-state index is 12.1. The van der Waals surface area contributed by atoms with Gasteiger partial charge in [0.2, 0.25) is 0 Å². The molecular weight excluding hydrogens is 384 g/mol. The van der Waals surface area contributed by atoms with E-state index < -0.39 is 17.7 Å². The van der Waals surface area contributed by atoms with Crippen LogP contribution in [0.2, 0.25) is 5.02 Å². The Morgan fingerprint density at radius 1 is 1.14 bits per heavy atom. The number of carbonyl (C=O) groups is 3. The van der Waals surface area contributed by atoms with Crippen molar-refractivity contribution >= 4 is 41.2 Å². The van der Waals surface area contributed by atoms with Gasteiger partial charge >= 0.3 is 11.8 Å². The predicted molar refractivity (Wildman–Crippen MR) is 106 cm³/mol. The lowest BCUT2D eigenvalue weighted by Gasteiger charge is -2.10. The van der Waals surface area contributed by atoms with Crippen molar-refractivity contribution < 1.29 is 19.1 Å². The van der Waals surface area contributed by atoms with Crippen LogP contribution in [-0.2, 0) is 14.4 Å². The van der Waals surface area contributed by atoms with Gasteiger partial charge in [0.1, 0.15) is 5.75 Å². The van der Waals surface area contributed by atoms with Crippen LogP contribution in [0.3, 0.4) is 0 Å². The van der Waals surface area contributed by atoms with Crippen LogP contribution in [0.25, 0.3) is 0 Å². The van der Waals surface area contributed by atoms with Gasteiger partial charge in [-0.15, -0.1) is 0 Å². The first-order chi connectivity index (χ1) is 13.3. The van der Waals surface area contributed by atoms with Gasteiger partial charge in [0.25, 0.3) is 5.91 Å². The number of hydrogen-bond donors (Lipinski definition) is 3. The molecule has 28 heavy (non-hydrogen) atoms. The zero-order valence-electron chi connectivity index (χ0n) is 15.3. The highest BCUT2D eigenvalue weighted by Crippen LogP contribution is 2.21. The number of nitrogens with one attached hydrogen (secondary N) is 2. The van der Waals surface area contributed by atoms with E-state index in [1.54, 1.807) is 6.07 Å². The van der Waals surface area contributed by atoms with Crippen molar-refractivity contribution in [3.63, 3.8) is 0 Å². The third-order valence-corrected chi connectivity index (χ3v) is 3.87. The van der Waals surface area contributed by atoms with E-state index in [4.69, 9.17) is 22.1 Å². The van der Waals surface area contributed by atoms with E-state index in [2.05, 4.69) is 15.8 Å². The van der Waals surface area contributed by atoms with Gasteiger partial charge < -0.3 is 15.8 Å². The van der Waals surface area contributed by atoms with Crippen LogP contribution in [0.1, 0.15) is 16.7 Å². The van der Waals surface area contributed by atoms with Crippen molar-refractivity contribution in [2.24, 2.45) is 10.8 Å². The van der Waals surface area contributed by atoms with Crippen LogP contribution < -0.4 is 21.2 Å². The summed E-state index contributed by atoms with van der Waals surface area (Å²) in [5.41, 5.74) is 9.81. The Labute approximate surface area is 166 Å². The molecule has 2 rings (SSSR count). The second-order valence-electron chi connectivity index (χ2n) is 5.86. The molecule has 0 aliphatic carbocycles. The first-order valence-corrected chi connectivity index (χ1v) is 8.57. The number of rotatable bonds is 6. The van der Waals surface area contributed by atoms with Crippen molar-refractivity contribution in [2.75, 3.05) is 11.9 Å². The van der Waals surface area contributed by atoms with Crippen LogP contribution in [0.4, 0.5) is 5.69 Å². The summed E-state index contributed by atoms with van der Waals surface area (Å²) in [5, 5.41) is 6.69. The summed E-state index contributed by atoms with van der Waals surface area (Å²) < 4.78 is 5.25. The Bertz CT molecular complexity index is 923. The number of benzene rings is 2. The number of amides is 3. The van der Waals surface area contributed by atoms with Gasteiger partial charge in [0.15, 0.2) is 6.61 Å². The molecule has 2 aromatic rings. The fraction of sp³-hybridized carbons (Fsp3) is 0.158. The number of para-hydroxylation sites is 1. The van der Waals surface area contributed by atoms with Gasteiger partial charge in [-0.05, 0) is 43.2 Å². The molecule has 0 aliphatic heterocycles. The fourth-order valence-corrected chi connectivity index (χ4v) is 2.47. The summed E-state index contributed by atoms with van der Waals surface area (Å²) in [6, 6.07) is 10.1. The molecule has 0 aliphatic rings. The maximum Gasteiger partial charge on any atom is 0.329 e. The van der Waals surface area contributed by atoms with Crippen molar-refractivity contribution in [2.45, 2.75) is 13.8 Å². The molecule has 0 radical (unpaired) electrons. The summed E-state index contributed by atoms with van der Waals surface area (Å²) in [7, 11) is 0. The highest BCUT2D eigenvalue weighted by molar-refractivity contribution is 6.39. The lowest BCUT2D eigenvalue weighted by Crippen LogP contribution is -2.32. The molecule has 0 atom stereocenters. The Kier molecular flexibility index (Phi) is 7.11. The molecule has 146 valence electrons. The normalized spacial score (nSPS) is 10.5. The first-order valence-electron chi connectivity index (χ1n) is 8.19. The lowest BCUT2D eigenvalue weighted by atomic mass is 10.1. The predicted octanol–water partition coefficient (Wildman–Crippen LogP) is 1.91. The van der Waals surface area contributed by atoms with Crippen molar-refractivity contribution in [3.8, 4) is 5.75 Å². The molecular formula is C19H19ClN4O4. The number of nitrogens with zero attached hydrogens (tertiary/aromatic N) is 1. The van der Waals surface area contributed by atoms with E-state index in [9.17, 15) is 14.4 Å². The van der Waals surface area contributed by atoms with Gasteiger partial charge in [-0.3, -0.25) is 14.4 Å². The number of hydrazone groups is 1. The Hall–Kier alpha value is -3.39. The van der Waals surface area contributed by atoms with E-state index in [-0.39, 0.29) is 6.61 Å². The standard InChI is InChI=1S/C19H19ClN4O4/c1-11-4-3-5-12(2)17(11)23-18(26)19(27)24-22-9-13-8-14(20)6-7-15(13)28-10-16(21)25/h3-9H,10H2,1-2H3,(H2,21,25)(H,23,26)(H,24,27)/b22-9-. The highest BCUT2D eigenvalue weighted by atomic mass is 35.5. The molecule has 0 unspecified atom stereocenters. The number of halogens is 1. The van der Waals surface area contributed by atoms with Gasteiger partial charge in [-0.2, -0.15) is 5.10 Å². The summed E-state index contributed by atoms with van der Waals surface area (Å²) in [4.78, 5) is 34.9. The lowest BCUT2D eigenvalue weighted by molar-refractivity contribution is -0.136. The average Bonchev–Trinajstić information content (AvgIpc) is 2.63. The summed E-state index contributed by atoms with van der Waals surface area (Å²) in [6.45, 7) is 3.32. The minimum Gasteiger partial charge on any atom is -0.483 e. The molecule has 3 amide bonds. The Balaban J connectivity index is 2.04. The van der Waals surface area contributed by atoms with Gasteiger partial charge in [-0.1, -0.05) is 29.8 Å². The molecule has 0 saturated carbocycles. The Morgan fingerprint density at radius 3 is 2.46 bits per heavy atom. The third-order valence-electron chi connectivity index (χ3n) is 3.64. The summed E-state index contributed by atoms with van der Waals surface area (Å²) in [5.74, 6) is -2.15. The monoisotopic (exact) mass is 402 g/mol. The van der Waals surface area contributed by atoms with E-state index in [0.717, 1.165) is 11.1 Å². The van der Waals surface area contributed by atoms with Gasteiger partial charge in [0.05, 0.1) is 6.21 Å².